The number of unbranched alkanes of at least 4 members (excludes halogenated alkanes) is 2. The molecule has 0 aliphatic rings. The molecule has 0 saturated carbocycles. The van der Waals surface area contributed by atoms with Gasteiger partial charge >= 0.3 is 11.9 Å². The van der Waals surface area contributed by atoms with E-state index in [1.807, 2.05) is 38.1 Å². The standard InChI is InChI=1S/C34H48N2O6S2/c1-9-11-19-25(31(39)41-33(3,4)5)35-29(37)23-17-13-15-21-27(23)43-44-28-22-16-14-18-24(28)30(38)36-26(20-12-10-2)32(40)42-34(6,7)8/h13-18,21-22,25-26H,9-12,19-20H2,1-8H3,(H,35,37)(H,36,38)/t25-,26-/m0/s1. The van der Waals surface area contributed by atoms with Crippen LogP contribution in [0.3, 0.4) is 0 Å². The summed E-state index contributed by atoms with van der Waals surface area (Å²) in [5.74, 6) is -1.66. The number of carbonyl (C=O) groups excluding carboxylic acids is 4. The van der Waals surface area contributed by atoms with Crippen molar-refractivity contribution in [3.05, 3.63) is 59.7 Å². The summed E-state index contributed by atoms with van der Waals surface area (Å²) in [4.78, 5) is 53.9. The number of amides is 2. The van der Waals surface area contributed by atoms with Gasteiger partial charge in [-0.1, -0.05) is 85.4 Å². The Labute approximate surface area is 270 Å². The lowest BCUT2D eigenvalue weighted by Crippen LogP contribution is -2.44. The first-order valence-electron chi connectivity index (χ1n) is 15.2. The Bertz CT molecular complexity index is 1170. The minimum absolute atomic E-state index is 0.372. The first-order chi connectivity index (χ1) is 20.6. The molecule has 10 heteroatoms. The van der Waals surface area contributed by atoms with Gasteiger partial charge in [-0.05, 0) is 78.6 Å². The molecule has 0 fully saturated rings. The van der Waals surface area contributed by atoms with Crippen LogP contribution in [0.5, 0.6) is 0 Å². The van der Waals surface area contributed by atoms with Crippen LogP contribution in [0.15, 0.2) is 58.3 Å². The molecule has 0 saturated heterocycles. The van der Waals surface area contributed by atoms with Crippen LogP contribution in [0.2, 0.25) is 0 Å². The molecule has 242 valence electrons. The monoisotopic (exact) mass is 644 g/mol. The van der Waals surface area contributed by atoms with Crippen molar-refractivity contribution < 1.29 is 28.7 Å². The Hall–Kier alpha value is -2.98. The Morgan fingerprint density at radius 3 is 1.30 bits per heavy atom. The van der Waals surface area contributed by atoms with Crippen LogP contribution < -0.4 is 10.6 Å². The fraction of sp³-hybridized carbons (Fsp3) is 0.529. The molecule has 0 radical (unpaired) electrons. The minimum Gasteiger partial charge on any atom is -0.458 e. The molecule has 0 aliphatic heterocycles. The van der Waals surface area contributed by atoms with E-state index in [9.17, 15) is 19.2 Å². The highest BCUT2D eigenvalue weighted by molar-refractivity contribution is 8.76. The van der Waals surface area contributed by atoms with Crippen LogP contribution in [0.1, 0.15) is 115 Å². The molecule has 0 unspecified atom stereocenters. The topological polar surface area (TPSA) is 111 Å². The number of carbonyl (C=O) groups is 4. The highest BCUT2D eigenvalue weighted by Crippen LogP contribution is 2.40. The molecule has 44 heavy (non-hydrogen) atoms. The number of hydrogen-bond donors (Lipinski definition) is 2. The summed E-state index contributed by atoms with van der Waals surface area (Å²) in [7, 11) is 2.68. The second kappa shape index (κ2) is 17.5. The van der Waals surface area contributed by atoms with Crippen molar-refractivity contribution in [2.24, 2.45) is 0 Å². The van der Waals surface area contributed by atoms with Crippen molar-refractivity contribution in [3.63, 3.8) is 0 Å². The molecule has 0 aromatic heterocycles. The number of nitrogens with one attached hydrogen (secondary N) is 2. The van der Waals surface area contributed by atoms with E-state index >= 15 is 0 Å². The van der Waals surface area contributed by atoms with Gasteiger partial charge in [0.1, 0.15) is 23.3 Å². The number of hydrogen-bond acceptors (Lipinski definition) is 8. The van der Waals surface area contributed by atoms with Gasteiger partial charge in [-0.2, -0.15) is 0 Å². The largest absolute Gasteiger partial charge is 0.458 e. The third-order valence-electron chi connectivity index (χ3n) is 6.17. The number of esters is 2. The third kappa shape index (κ3) is 12.9. The van der Waals surface area contributed by atoms with Crippen molar-refractivity contribution in [2.75, 3.05) is 0 Å². The molecule has 0 heterocycles. The predicted molar refractivity (Wildman–Crippen MR) is 178 cm³/mol. The molecule has 2 N–H and O–H groups in total. The SMILES string of the molecule is CCCC[C@H](NC(=O)c1ccccc1SSc1ccccc1C(=O)N[C@@H](CCCC)C(=O)OC(C)(C)C)C(=O)OC(C)(C)C. The Morgan fingerprint density at radius 1 is 0.636 bits per heavy atom. The van der Waals surface area contributed by atoms with Crippen LogP contribution in [-0.2, 0) is 19.1 Å². The van der Waals surface area contributed by atoms with Gasteiger partial charge < -0.3 is 20.1 Å². The second-order valence-electron chi connectivity index (χ2n) is 12.6. The summed E-state index contributed by atoms with van der Waals surface area (Å²) in [5, 5.41) is 5.76. The third-order valence-corrected chi connectivity index (χ3v) is 8.65. The molecule has 0 spiro atoms. The van der Waals surface area contributed by atoms with Gasteiger partial charge in [-0.15, -0.1) is 0 Å². The van der Waals surface area contributed by atoms with Gasteiger partial charge in [0.2, 0.25) is 0 Å². The van der Waals surface area contributed by atoms with Crippen molar-refractivity contribution in [3.8, 4) is 0 Å². The molecular weight excluding hydrogens is 597 g/mol. The molecule has 0 bridgehead atoms. The van der Waals surface area contributed by atoms with Crippen LogP contribution >= 0.6 is 21.6 Å². The maximum absolute atomic E-state index is 13.4. The van der Waals surface area contributed by atoms with Crippen molar-refractivity contribution >= 4 is 45.3 Å². The van der Waals surface area contributed by atoms with E-state index in [4.69, 9.17) is 9.47 Å². The molecule has 2 amide bonds. The molecule has 2 aromatic rings. The van der Waals surface area contributed by atoms with E-state index < -0.39 is 35.2 Å². The quantitative estimate of drug-likeness (QED) is 0.150. The highest BCUT2D eigenvalue weighted by atomic mass is 33.1. The van der Waals surface area contributed by atoms with Crippen molar-refractivity contribution in [1.82, 2.24) is 10.6 Å². The number of ether oxygens (including phenoxy) is 2. The molecule has 2 aromatic carbocycles. The van der Waals surface area contributed by atoms with Crippen LogP contribution in [0.25, 0.3) is 0 Å². The predicted octanol–water partition coefficient (Wildman–Crippen LogP) is 7.75. The lowest BCUT2D eigenvalue weighted by molar-refractivity contribution is -0.158. The van der Waals surface area contributed by atoms with E-state index in [2.05, 4.69) is 10.6 Å². The number of benzene rings is 2. The first kappa shape index (κ1) is 37.2. The average Bonchev–Trinajstić information content (AvgIpc) is 2.94. The zero-order valence-electron chi connectivity index (χ0n) is 27.3. The van der Waals surface area contributed by atoms with Crippen molar-refractivity contribution in [2.45, 2.75) is 127 Å². The summed E-state index contributed by atoms with van der Waals surface area (Å²) in [6.45, 7) is 14.8. The lowest BCUT2D eigenvalue weighted by Gasteiger charge is -2.25. The smallest absolute Gasteiger partial charge is 0.329 e. The van der Waals surface area contributed by atoms with Crippen LogP contribution in [-0.4, -0.2) is 47.0 Å². The Balaban J connectivity index is 2.22. The summed E-state index contributed by atoms with van der Waals surface area (Å²) < 4.78 is 11.1. The van der Waals surface area contributed by atoms with Gasteiger partial charge in [0.15, 0.2) is 0 Å². The first-order valence-corrected chi connectivity index (χ1v) is 17.4. The summed E-state index contributed by atoms with van der Waals surface area (Å²) >= 11 is 0. The van der Waals surface area contributed by atoms with Crippen LogP contribution in [0.4, 0.5) is 0 Å². The fourth-order valence-corrected chi connectivity index (χ4v) is 6.44. The molecule has 2 atom stereocenters. The van der Waals surface area contributed by atoms with E-state index in [1.165, 1.54) is 21.6 Å². The Morgan fingerprint density at radius 2 is 0.977 bits per heavy atom. The van der Waals surface area contributed by atoms with Crippen LogP contribution in [0, 0.1) is 0 Å². The van der Waals surface area contributed by atoms with E-state index in [0.717, 1.165) is 25.7 Å². The molecule has 0 aliphatic carbocycles. The maximum atomic E-state index is 13.4. The van der Waals surface area contributed by atoms with Gasteiger partial charge in [-0.25, -0.2) is 9.59 Å². The number of rotatable bonds is 15. The zero-order valence-corrected chi connectivity index (χ0v) is 28.9. The summed E-state index contributed by atoms with van der Waals surface area (Å²) in [5.41, 5.74) is -0.499. The van der Waals surface area contributed by atoms with Gasteiger partial charge in [-0.3, -0.25) is 9.59 Å². The summed E-state index contributed by atoms with van der Waals surface area (Å²) in [6, 6.07) is 12.8. The van der Waals surface area contributed by atoms with Gasteiger partial charge in [0.25, 0.3) is 11.8 Å². The Kier molecular flexibility index (Phi) is 14.8. The van der Waals surface area contributed by atoms with Gasteiger partial charge in [0, 0.05) is 9.79 Å². The minimum atomic E-state index is -0.762. The average molecular weight is 645 g/mol. The second-order valence-corrected chi connectivity index (χ2v) is 14.8. The van der Waals surface area contributed by atoms with E-state index in [0.29, 0.717) is 33.8 Å². The molecule has 8 nitrogen and oxygen atoms in total. The fourth-order valence-electron chi connectivity index (χ4n) is 4.08. The summed E-state index contributed by atoms with van der Waals surface area (Å²) in [6.07, 6.45) is 4.24. The normalized spacial score (nSPS) is 13.0. The molecular formula is C34H48N2O6S2. The maximum Gasteiger partial charge on any atom is 0.329 e. The lowest BCUT2D eigenvalue weighted by atomic mass is 10.1. The van der Waals surface area contributed by atoms with Gasteiger partial charge in [0.05, 0.1) is 11.1 Å². The van der Waals surface area contributed by atoms with Crippen molar-refractivity contribution in [1.29, 1.82) is 0 Å². The highest BCUT2D eigenvalue weighted by Gasteiger charge is 2.29. The zero-order chi connectivity index (χ0) is 32.9. The van der Waals surface area contributed by atoms with E-state index in [1.54, 1.807) is 65.8 Å². The van der Waals surface area contributed by atoms with E-state index in [-0.39, 0.29) is 11.8 Å². The molecule has 2 rings (SSSR count).